The van der Waals surface area contributed by atoms with Crippen LogP contribution in [0.4, 0.5) is 0 Å². The molecule has 0 saturated heterocycles. The second-order valence-corrected chi connectivity index (χ2v) is 5.26. The van der Waals surface area contributed by atoms with Crippen LogP contribution in [0.25, 0.3) is 0 Å². The molecule has 2 aromatic rings. The molecule has 5 heteroatoms. The van der Waals surface area contributed by atoms with Crippen molar-refractivity contribution in [3.05, 3.63) is 39.4 Å². The summed E-state index contributed by atoms with van der Waals surface area (Å²) in [6.07, 6.45) is 0.316. The number of nitrogens with one attached hydrogen (secondary N) is 1. The van der Waals surface area contributed by atoms with Crippen LogP contribution in [0.3, 0.4) is 0 Å². The van der Waals surface area contributed by atoms with Crippen molar-refractivity contribution in [2.75, 3.05) is 0 Å². The van der Waals surface area contributed by atoms with Crippen molar-refractivity contribution >= 4 is 17.2 Å². The van der Waals surface area contributed by atoms with Gasteiger partial charge in [0.1, 0.15) is 5.76 Å². The fourth-order valence-corrected chi connectivity index (χ4v) is 2.55. The maximum atomic E-state index is 11.9. The van der Waals surface area contributed by atoms with E-state index in [-0.39, 0.29) is 11.9 Å². The third-order valence-corrected chi connectivity index (χ3v) is 3.92. The zero-order chi connectivity index (χ0) is 13.1. The first kappa shape index (κ1) is 12.8. The van der Waals surface area contributed by atoms with Gasteiger partial charge in [-0.25, -0.2) is 0 Å². The number of nitrogens with zero attached hydrogens (tertiary/aromatic N) is 1. The van der Waals surface area contributed by atoms with Crippen molar-refractivity contribution in [3.63, 3.8) is 0 Å². The van der Waals surface area contributed by atoms with Crippen LogP contribution in [0.2, 0.25) is 0 Å². The summed E-state index contributed by atoms with van der Waals surface area (Å²) in [6.45, 7) is 5.66. The maximum Gasteiger partial charge on any atom is 0.225 e. The Kier molecular flexibility index (Phi) is 3.81. The molecule has 0 saturated carbocycles. The van der Waals surface area contributed by atoms with Gasteiger partial charge in [-0.3, -0.25) is 4.79 Å². The van der Waals surface area contributed by atoms with E-state index in [4.69, 9.17) is 4.52 Å². The van der Waals surface area contributed by atoms with Crippen LogP contribution in [0.1, 0.15) is 34.9 Å². The molecule has 0 aliphatic carbocycles. The molecule has 0 radical (unpaired) electrons. The number of carbonyl (C=O) groups excluding carboxylic acids is 1. The van der Waals surface area contributed by atoms with Gasteiger partial charge < -0.3 is 9.84 Å². The molecule has 0 bridgehead atoms. The molecule has 1 amide bonds. The maximum absolute atomic E-state index is 11.9. The Labute approximate surface area is 110 Å². The Morgan fingerprint density at radius 1 is 1.56 bits per heavy atom. The van der Waals surface area contributed by atoms with E-state index in [1.54, 1.807) is 11.3 Å². The van der Waals surface area contributed by atoms with Crippen molar-refractivity contribution in [3.8, 4) is 0 Å². The van der Waals surface area contributed by atoms with Gasteiger partial charge in [-0.2, -0.15) is 0 Å². The minimum atomic E-state index is -0.00898. The molecule has 4 nitrogen and oxygen atoms in total. The highest BCUT2D eigenvalue weighted by Gasteiger charge is 2.15. The average Bonchev–Trinajstić information content (AvgIpc) is 2.94. The van der Waals surface area contributed by atoms with Crippen molar-refractivity contribution in [2.24, 2.45) is 0 Å². The van der Waals surface area contributed by atoms with E-state index in [0.717, 1.165) is 16.1 Å². The molecule has 96 valence electrons. The second kappa shape index (κ2) is 5.35. The van der Waals surface area contributed by atoms with E-state index < -0.39 is 0 Å². The normalized spacial score (nSPS) is 12.4. The molecule has 18 heavy (non-hydrogen) atoms. The van der Waals surface area contributed by atoms with Gasteiger partial charge in [0.15, 0.2) is 0 Å². The zero-order valence-corrected chi connectivity index (χ0v) is 11.5. The van der Waals surface area contributed by atoms with Gasteiger partial charge in [0.2, 0.25) is 5.91 Å². The summed E-state index contributed by atoms with van der Waals surface area (Å²) in [4.78, 5) is 13.1. The van der Waals surface area contributed by atoms with Gasteiger partial charge in [0.05, 0.1) is 18.2 Å². The lowest BCUT2D eigenvalue weighted by Gasteiger charge is -2.11. The lowest BCUT2D eigenvalue weighted by molar-refractivity contribution is -0.121. The van der Waals surface area contributed by atoms with E-state index in [0.29, 0.717) is 12.2 Å². The Hall–Kier alpha value is -1.62. The molecule has 1 atom stereocenters. The number of rotatable bonds is 4. The smallest absolute Gasteiger partial charge is 0.225 e. The second-order valence-electron chi connectivity index (χ2n) is 4.28. The first-order valence-corrected chi connectivity index (χ1v) is 6.70. The monoisotopic (exact) mass is 264 g/mol. The van der Waals surface area contributed by atoms with E-state index in [9.17, 15) is 4.79 Å². The minimum absolute atomic E-state index is 0.00898. The van der Waals surface area contributed by atoms with Gasteiger partial charge in [-0.05, 0) is 32.2 Å². The van der Waals surface area contributed by atoms with Crippen LogP contribution in [-0.2, 0) is 11.2 Å². The van der Waals surface area contributed by atoms with Crippen molar-refractivity contribution in [1.29, 1.82) is 0 Å². The number of carbonyl (C=O) groups is 1. The molecule has 2 heterocycles. The predicted octanol–water partition coefficient (Wildman–Crippen LogP) is 2.77. The third-order valence-electron chi connectivity index (χ3n) is 2.87. The van der Waals surface area contributed by atoms with Crippen LogP contribution in [-0.4, -0.2) is 11.1 Å². The molecular weight excluding hydrogens is 248 g/mol. The molecule has 1 N–H and O–H groups in total. The number of amides is 1. The van der Waals surface area contributed by atoms with Crippen molar-refractivity contribution < 1.29 is 9.32 Å². The molecule has 2 rings (SSSR count). The van der Waals surface area contributed by atoms with E-state index in [1.807, 2.05) is 38.3 Å². The van der Waals surface area contributed by atoms with Crippen LogP contribution in [0.15, 0.2) is 22.0 Å². The fourth-order valence-electron chi connectivity index (χ4n) is 1.82. The molecule has 0 aliphatic rings. The van der Waals surface area contributed by atoms with Gasteiger partial charge in [-0.15, -0.1) is 11.3 Å². The Balaban J connectivity index is 1.97. The van der Waals surface area contributed by atoms with Crippen molar-refractivity contribution in [1.82, 2.24) is 10.5 Å². The minimum Gasteiger partial charge on any atom is -0.361 e. The number of thiophene rings is 1. The van der Waals surface area contributed by atoms with Crippen LogP contribution >= 0.6 is 11.3 Å². The average molecular weight is 264 g/mol. The zero-order valence-electron chi connectivity index (χ0n) is 10.7. The lowest BCUT2D eigenvalue weighted by Crippen LogP contribution is -2.27. The van der Waals surface area contributed by atoms with Gasteiger partial charge >= 0.3 is 0 Å². The Bertz CT molecular complexity index is 512. The molecule has 2 aromatic heterocycles. The molecule has 0 aromatic carbocycles. The van der Waals surface area contributed by atoms with E-state index in [1.165, 1.54) is 0 Å². The summed E-state index contributed by atoms with van der Waals surface area (Å²) < 4.78 is 5.05. The van der Waals surface area contributed by atoms with Crippen LogP contribution in [0.5, 0.6) is 0 Å². The largest absolute Gasteiger partial charge is 0.361 e. The first-order chi connectivity index (χ1) is 8.58. The lowest BCUT2D eigenvalue weighted by atomic mass is 10.1. The summed E-state index contributed by atoms with van der Waals surface area (Å²) in [6, 6.07) is 4.04. The molecule has 0 fully saturated rings. The molecule has 0 aliphatic heterocycles. The van der Waals surface area contributed by atoms with Gasteiger partial charge in [0, 0.05) is 10.4 Å². The molecule has 0 spiro atoms. The predicted molar refractivity (Wildman–Crippen MR) is 70.6 cm³/mol. The first-order valence-electron chi connectivity index (χ1n) is 5.82. The number of hydrogen-bond acceptors (Lipinski definition) is 4. The Morgan fingerprint density at radius 2 is 2.33 bits per heavy atom. The fraction of sp³-hybridized carbons (Fsp3) is 0.385. The highest BCUT2D eigenvalue weighted by Crippen LogP contribution is 2.19. The van der Waals surface area contributed by atoms with Gasteiger partial charge in [0.25, 0.3) is 0 Å². The highest BCUT2D eigenvalue weighted by molar-refractivity contribution is 7.10. The van der Waals surface area contributed by atoms with Crippen molar-refractivity contribution in [2.45, 2.75) is 33.2 Å². The topological polar surface area (TPSA) is 55.1 Å². The van der Waals surface area contributed by atoms with Gasteiger partial charge in [-0.1, -0.05) is 11.2 Å². The summed E-state index contributed by atoms with van der Waals surface area (Å²) in [7, 11) is 0. The third kappa shape index (κ3) is 2.79. The number of hydrogen-bond donors (Lipinski definition) is 1. The van der Waals surface area contributed by atoms with E-state index in [2.05, 4.69) is 10.5 Å². The standard InChI is InChI=1S/C13H16N2O2S/c1-8-11(10(3)17-15-8)7-13(16)14-9(2)12-5-4-6-18-12/h4-6,9H,7H2,1-3H3,(H,14,16)/t9-/m0/s1. The summed E-state index contributed by atoms with van der Waals surface area (Å²) in [5.41, 5.74) is 1.66. The summed E-state index contributed by atoms with van der Waals surface area (Å²) in [5.74, 6) is 0.705. The Morgan fingerprint density at radius 3 is 2.89 bits per heavy atom. The SMILES string of the molecule is Cc1noc(C)c1CC(=O)N[C@@H](C)c1cccs1. The molecule has 0 unspecified atom stereocenters. The van der Waals surface area contributed by atoms with E-state index >= 15 is 0 Å². The number of aryl methyl sites for hydroxylation is 2. The highest BCUT2D eigenvalue weighted by atomic mass is 32.1. The summed E-state index contributed by atoms with van der Waals surface area (Å²) in [5, 5.41) is 8.83. The quantitative estimate of drug-likeness (QED) is 0.923. The number of aromatic nitrogens is 1. The van der Waals surface area contributed by atoms with Crippen LogP contribution in [0, 0.1) is 13.8 Å². The molecular formula is C13H16N2O2S. The van der Waals surface area contributed by atoms with Crippen LogP contribution < -0.4 is 5.32 Å². The summed E-state index contributed by atoms with van der Waals surface area (Å²) >= 11 is 1.64.